The van der Waals surface area contributed by atoms with Crippen molar-refractivity contribution in [1.82, 2.24) is 0 Å². The molecule has 0 radical (unpaired) electrons. The number of allylic oxidation sites excluding steroid dienone is 2. The van der Waals surface area contributed by atoms with Gasteiger partial charge < -0.3 is 5.73 Å². The summed E-state index contributed by atoms with van der Waals surface area (Å²) in [5.74, 6) is 0. The van der Waals surface area contributed by atoms with Gasteiger partial charge in [0.15, 0.2) is 0 Å². The molecule has 6 heteroatoms. The molecule has 2 nitrogen and oxygen atoms in total. The Labute approximate surface area is 104 Å². The van der Waals surface area contributed by atoms with E-state index in [0.717, 1.165) is 6.08 Å². The van der Waals surface area contributed by atoms with Crippen molar-refractivity contribution in [3.63, 3.8) is 0 Å². The van der Waals surface area contributed by atoms with Gasteiger partial charge >= 0.3 is 6.18 Å². The second-order valence-electron chi connectivity index (χ2n) is 2.87. The predicted octanol–water partition coefficient (Wildman–Crippen LogP) is 3.56. The highest BCUT2D eigenvalue weighted by molar-refractivity contribution is 14.1. The van der Waals surface area contributed by atoms with Crippen LogP contribution in [0.25, 0.3) is 0 Å². The minimum Gasteiger partial charge on any atom is -0.395 e. The van der Waals surface area contributed by atoms with Crippen molar-refractivity contribution in [1.29, 1.82) is 0 Å². The van der Waals surface area contributed by atoms with Crippen LogP contribution in [0.1, 0.15) is 0 Å². The standard InChI is InChI=1S/C10H8F3IN2/c11-10(12,13)8(15)6-9(14)16-7-4-2-1-3-5-7/h1-6H,15H2. The Balaban J connectivity index is 2.88. The molecule has 86 valence electrons. The number of hydrogen-bond donors (Lipinski definition) is 1. The highest BCUT2D eigenvalue weighted by Crippen LogP contribution is 2.22. The largest absolute Gasteiger partial charge is 0.430 e. The molecule has 0 saturated heterocycles. The van der Waals surface area contributed by atoms with Gasteiger partial charge in [-0.2, -0.15) is 13.2 Å². The van der Waals surface area contributed by atoms with E-state index in [2.05, 4.69) is 4.99 Å². The minimum absolute atomic E-state index is 0.179. The Morgan fingerprint density at radius 2 is 1.81 bits per heavy atom. The van der Waals surface area contributed by atoms with Gasteiger partial charge in [-0.25, -0.2) is 4.99 Å². The summed E-state index contributed by atoms with van der Waals surface area (Å²) in [5, 5.41) is 0. The summed E-state index contributed by atoms with van der Waals surface area (Å²) < 4.78 is 36.5. The van der Waals surface area contributed by atoms with Crippen LogP contribution in [0, 0.1) is 0 Å². The van der Waals surface area contributed by atoms with Gasteiger partial charge in [-0.15, -0.1) is 0 Å². The Morgan fingerprint density at radius 3 is 2.31 bits per heavy atom. The average molecular weight is 340 g/mol. The van der Waals surface area contributed by atoms with Crippen molar-refractivity contribution in [2.45, 2.75) is 6.18 Å². The van der Waals surface area contributed by atoms with Crippen molar-refractivity contribution in [2.75, 3.05) is 0 Å². The van der Waals surface area contributed by atoms with Crippen molar-refractivity contribution >= 4 is 32.0 Å². The van der Waals surface area contributed by atoms with Crippen LogP contribution in [-0.4, -0.2) is 9.89 Å². The van der Waals surface area contributed by atoms with Crippen LogP contribution in [0.2, 0.25) is 0 Å². The third-order valence-corrected chi connectivity index (χ3v) is 2.15. The van der Waals surface area contributed by atoms with Gasteiger partial charge in [-0.1, -0.05) is 18.2 Å². The number of hydrogen-bond acceptors (Lipinski definition) is 2. The molecule has 0 heterocycles. The first kappa shape index (κ1) is 13.0. The van der Waals surface area contributed by atoms with E-state index in [-0.39, 0.29) is 3.72 Å². The fourth-order valence-electron chi connectivity index (χ4n) is 0.868. The Hall–Kier alpha value is -1.05. The summed E-state index contributed by atoms with van der Waals surface area (Å²) in [4.78, 5) is 3.96. The van der Waals surface area contributed by atoms with Crippen molar-refractivity contribution in [3.8, 4) is 0 Å². The summed E-state index contributed by atoms with van der Waals surface area (Å²) in [6.45, 7) is 0. The van der Waals surface area contributed by atoms with Gasteiger partial charge in [0, 0.05) is 0 Å². The third kappa shape index (κ3) is 4.21. The number of benzene rings is 1. The zero-order valence-electron chi connectivity index (χ0n) is 8.00. The summed E-state index contributed by atoms with van der Waals surface area (Å²) in [6.07, 6.45) is -3.71. The van der Waals surface area contributed by atoms with E-state index in [1.54, 1.807) is 52.9 Å². The van der Waals surface area contributed by atoms with Gasteiger partial charge in [-0.05, 0) is 40.8 Å². The minimum atomic E-state index is -4.51. The fraction of sp³-hybridized carbons (Fsp3) is 0.100. The third-order valence-electron chi connectivity index (χ3n) is 1.59. The molecule has 0 amide bonds. The molecule has 1 rings (SSSR count). The molecule has 0 aliphatic carbocycles. The molecule has 1 aromatic rings. The zero-order valence-corrected chi connectivity index (χ0v) is 10.2. The van der Waals surface area contributed by atoms with Crippen molar-refractivity contribution in [2.24, 2.45) is 10.7 Å². The van der Waals surface area contributed by atoms with Crippen LogP contribution in [0.15, 0.2) is 47.1 Å². The van der Waals surface area contributed by atoms with Crippen LogP contribution in [-0.2, 0) is 0 Å². The van der Waals surface area contributed by atoms with Gasteiger partial charge in [-0.3, -0.25) is 0 Å². The highest BCUT2D eigenvalue weighted by atomic mass is 127. The fourth-order valence-corrected chi connectivity index (χ4v) is 1.48. The molecular weight excluding hydrogens is 332 g/mol. The van der Waals surface area contributed by atoms with Crippen LogP contribution in [0.3, 0.4) is 0 Å². The lowest BCUT2D eigenvalue weighted by Gasteiger charge is -2.05. The first-order valence-corrected chi connectivity index (χ1v) is 5.31. The number of nitrogens with zero attached hydrogens (tertiary/aromatic N) is 1. The maximum absolute atomic E-state index is 12.1. The molecule has 16 heavy (non-hydrogen) atoms. The number of alkyl halides is 3. The molecule has 0 spiro atoms. The quantitative estimate of drug-likeness (QED) is 0.649. The molecule has 0 aliphatic heterocycles. The Kier molecular flexibility index (Phi) is 4.34. The van der Waals surface area contributed by atoms with E-state index in [1.165, 1.54) is 0 Å². The zero-order chi connectivity index (χ0) is 12.2. The van der Waals surface area contributed by atoms with Crippen LogP contribution >= 0.6 is 22.6 Å². The smallest absolute Gasteiger partial charge is 0.395 e. The number of aliphatic imine (C=N–C) groups is 1. The van der Waals surface area contributed by atoms with Crippen molar-refractivity contribution < 1.29 is 13.2 Å². The number of nitrogens with two attached hydrogens (primary N) is 1. The summed E-state index contributed by atoms with van der Waals surface area (Å²) in [5.41, 5.74) is 4.28. The molecule has 2 N–H and O–H groups in total. The van der Waals surface area contributed by atoms with Gasteiger partial charge in [0.2, 0.25) is 0 Å². The van der Waals surface area contributed by atoms with E-state index in [0.29, 0.717) is 5.69 Å². The van der Waals surface area contributed by atoms with Gasteiger partial charge in [0.25, 0.3) is 0 Å². The molecule has 0 fully saturated rings. The first-order chi connectivity index (χ1) is 7.39. The second-order valence-corrected chi connectivity index (χ2v) is 3.97. The van der Waals surface area contributed by atoms with Gasteiger partial charge in [0.1, 0.15) is 9.42 Å². The topological polar surface area (TPSA) is 38.4 Å². The lowest BCUT2D eigenvalue weighted by molar-refractivity contribution is -0.0925. The maximum atomic E-state index is 12.1. The maximum Gasteiger partial charge on any atom is 0.430 e. The van der Waals surface area contributed by atoms with E-state index in [1.807, 2.05) is 0 Å². The van der Waals surface area contributed by atoms with Crippen LogP contribution in [0.4, 0.5) is 18.9 Å². The van der Waals surface area contributed by atoms with E-state index in [9.17, 15) is 13.2 Å². The van der Waals surface area contributed by atoms with E-state index >= 15 is 0 Å². The summed E-state index contributed by atoms with van der Waals surface area (Å²) in [6, 6.07) is 8.68. The highest BCUT2D eigenvalue weighted by Gasteiger charge is 2.31. The van der Waals surface area contributed by atoms with E-state index in [4.69, 9.17) is 5.73 Å². The molecule has 0 aromatic heterocycles. The number of halogens is 4. The van der Waals surface area contributed by atoms with Crippen LogP contribution < -0.4 is 5.73 Å². The lowest BCUT2D eigenvalue weighted by atomic mass is 10.3. The lowest BCUT2D eigenvalue weighted by Crippen LogP contribution is -2.19. The Bertz CT molecular complexity index is 410. The van der Waals surface area contributed by atoms with Crippen LogP contribution in [0.5, 0.6) is 0 Å². The first-order valence-electron chi connectivity index (χ1n) is 4.23. The monoisotopic (exact) mass is 340 g/mol. The van der Waals surface area contributed by atoms with Gasteiger partial charge in [0.05, 0.1) is 5.69 Å². The number of rotatable bonds is 2. The molecule has 0 atom stereocenters. The molecule has 0 aliphatic rings. The second kappa shape index (κ2) is 5.33. The normalized spacial score (nSPS) is 14.0. The number of para-hydroxylation sites is 1. The Morgan fingerprint density at radius 1 is 1.25 bits per heavy atom. The summed E-state index contributed by atoms with van der Waals surface area (Å²) in [7, 11) is 0. The SMILES string of the molecule is NC(=CC(I)=Nc1ccccc1)C(F)(F)F. The molecule has 0 unspecified atom stereocenters. The molecule has 0 bridgehead atoms. The molecular formula is C10H8F3IN2. The van der Waals surface area contributed by atoms with E-state index < -0.39 is 11.9 Å². The average Bonchev–Trinajstić information content (AvgIpc) is 2.17. The predicted molar refractivity (Wildman–Crippen MR) is 65.9 cm³/mol. The molecule has 0 saturated carbocycles. The van der Waals surface area contributed by atoms with Crippen molar-refractivity contribution in [3.05, 3.63) is 42.1 Å². The summed E-state index contributed by atoms with van der Waals surface area (Å²) >= 11 is 1.69. The molecule has 1 aromatic carbocycles.